The molecule has 1 N–H and O–H groups in total. The van der Waals surface area contributed by atoms with Gasteiger partial charge < -0.3 is 14.8 Å². The normalized spacial score (nSPS) is 22.3. The summed E-state index contributed by atoms with van der Waals surface area (Å²) in [6, 6.07) is 3.43. The van der Waals surface area contributed by atoms with Crippen LogP contribution in [0.15, 0.2) is 12.1 Å². The molecule has 1 amide bonds. The maximum atomic E-state index is 12.1. The lowest BCUT2D eigenvalue weighted by atomic mass is 10.0. The van der Waals surface area contributed by atoms with Crippen LogP contribution in [-0.4, -0.2) is 45.1 Å². The van der Waals surface area contributed by atoms with E-state index >= 15 is 0 Å². The summed E-state index contributed by atoms with van der Waals surface area (Å²) in [5, 5.41) is 2.80. The molecule has 2 aliphatic rings. The topological polar surface area (TPSA) is 81.7 Å². The van der Waals surface area contributed by atoms with Gasteiger partial charge in [0.2, 0.25) is 5.91 Å². The molecule has 6 nitrogen and oxygen atoms in total. The molecule has 2 aliphatic heterocycles. The van der Waals surface area contributed by atoms with Gasteiger partial charge in [-0.1, -0.05) is 0 Å². The monoisotopic (exact) mass is 325 g/mol. The molecular weight excluding hydrogens is 306 g/mol. The van der Waals surface area contributed by atoms with E-state index in [4.69, 9.17) is 9.47 Å². The summed E-state index contributed by atoms with van der Waals surface area (Å²) < 4.78 is 33.9. The van der Waals surface area contributed by atoms with Gasteiger partial charge in [-0.2, -0.15) is 0 Å². The Hall–Kier alpha value is -1.76. The molecule has 2 heterocycles. The third kappa shape index (κ3) is 3.35. The number of hydrogen-bond acceptors (Lipinski definition) is 5. The lowest BCUT2D eigenvalue weighted by molar-refractivity contribution is -0.121. The highest BCUT2D eigenvalue weighted by Gasteiger charge is 2.29. The van der Waals surface area contributed by atoms with E-state index < -0.39 is 9.84 Å². The number of amides is 1. The summed E-state index contributed by atoms with van der Waals surface area (Å²) in [5.41, 5.74) is 1.82. The van der Waals surface area contributed by atoms with Gasteiger partial charge in [-0.05, 0) is 36.6 Å². The van der Waals surface area contributed by atoms with Crippen molar-refractivity contribution in [3.8, 4) is 11.5 Å². The van der Waals surface area contributed by atoms with Crippen molar-refractivity contribution < 1.29 is 22.7 Å². The first-order valence-corrected chi connectivity index (χ1v) is 9.14. The number of hydrogen-bond donors (Lipinski definition) is 1. The molecule has 0 spiro atoms. The number of fused-ring (bicyclic) bond motifs is 1. The standard InChI is InChI=1S/C15H19NO5S/c1-10-6-13-14(21-4-3-20-13)7-11(10)8-15(17)16-12-2-5-22(18,19)9-12/h6-7,12H,2-5,8-9H2,1H3,(H,16,17). The number of rotatable bonds is 3. The van der Waals surface area contributed by atoms with Crippen LogP contribution in [0.25, 0.3) is 0 Å². The Morgan fingerprint density at radius 3 is 2.59 bits per heavy atom. The number of aryl methyl sites for hydroxylation is 1. The molecule has 1 fully saturated rings. The van der Waals surface area contributed by atoms with Crippen molar-refractivity contribution in [3.05, 3.63) is 23.3 Å². The first kappa shape index (κ1) is 15.1. The third-order valence-corrected chi connectivity index (χ3v) is 5.72. The fourth-order valence-electron chi connectivity index (χ4n) is 2.78. The Morgan fingerprint density at radius 2 is 1.95 bits per heavy atom. The lowest BCUT2D eigenvalue weighted by Crippen LogP contribution is -2.36. The van der Waals surface area contributed by atoms with Gasteiger partial charge in [0.25, 0.3) is 0 Å². The largest absolute Gasteiger partial charge is 0.486 e. The number of sulfone groups is 1. The number of nitrogens with one attached hydrogen (secondary N) is 1. The van der Waals surface area contributed by atoms with Crippen LogP contribution in [0.1, 0.15) is 17.5 Å². The van der Waals surface area contributed by atoms with Crippen LogP contribution in [0.5, 0.6) is 11.5 Å². The van der Waals surface area contributed by atoms with E-state index in [1.807, 2.05) is 19.1 Å². The molecule has 0 bridgehead atoms. The third-order valence-electron chi connectivity index (χ3n) is 3.95. The van der Waals surface area contributed by atoms with Crippen LogP contribution in [0, 0.1) is 6.92 Å². The highest BCUT2D eigenvalue weighted by atomic mass is 32.2. The average molecular weight is 325 g/mol. The van der Waals surface area contributed by atoms with Crippen molar-refractivity contribution in [2.45, 2.75) is 25.8 Å². The molecule has 0 aromatic heterocycles. The van der Waals surface area contributed by atoms with Gasteiger partial charge in [0.15, 0.2) is 21.3 Å². The van der Waals surface area contributed by atoms with Crippen molar-refractivity contribution in [1.82, 2.24) is 5.32 Å². The molecule has 0 aliphatic carbocycles. The van der Waals surface area contributed by atoms with E-state index in [1.165, 1.54) is 0 Å². The summed E-state index contributed by atoms with van der Waals surface area (Å²) in [7, 11) is -2.99. The molecule has 1 aromatic rings. The molecule has 3 rings (SSSR count). The van der Waals surface area contributed by atoms with E-state index in [0.29, 0.717) is 31.1 Å². The summed E-state index contributed by atoms with van der Waals surface area (Å²) >= 11 is 0. The summed E-state index contributed by atoms with van der Waals surface area (Å²) in [5.74, 6) is 1.39. The van der Waals surface area contributed by atoms with Gasteiger partial charge in [-0.3, -0.25) is 4.79 Å². The zero-order valence-electron chi connectivity index (χ0n) is 12.4. The van der Waals surface area contributed by atoms with Gasteiger partial charge in [0, 0.05) is 6.04 Å². The second-order valence-electron chi connectivity index (χ2n) is 5.77. The van der Waals surface area contributed by atoms with Crippen LogP contribution in [-0.2, 0) is 21.1 Å². The van der Waals surface area contributed by atoms with Crippen LogP contribution in [0.4, 0.5) is 0 Å². The highest BCUT2D eigenvalue weighted by molar-refractivity contribution is 7.91. The van der Waals surface area contributed by atoms with E-state index in [2.05, 4.69) is 5.32 Å². The smallest absolute Gasteiger partial charge is 0.224 e. The Kier molecular flexibility index (Phi) is 3.99. The number of carbonyl (C=O) groups excluding carboxylic acids is 1. The first-order chi connectivity index (χ1) is 10.4. The Balaban J connectivity index is 1.66. The summed E-state index contributed by atoms with van der Waals surface area (Å²) in [6.07, 6.45) is 0.702. The minimum Gasteiger partial charge on any atom is -0.486 e. The molecule has 1 aromatic carbocycles. The van der Waals surface area contributed by atoms with Crippen molar-refractivity contribution in [1.29, 1.82) is 0 Å². The maximum absolute atomic E-state index is 12.1. The van der Waals surface area contributed by atoms with Gasteiger partial charge in [0.05, 0.1) is 17.9 Å². The SMILES string of the molecule is Cc1cc2c(cc1CC(=O)NC1CCS(=O)(=O)C1)OCCO2. The number of ether oxygens (including phenoxy) is 2. The molecule has 22 heavy (non-hydrogen) atoms. The van der Waals surface area contributed by atoms with E-state index in [-0.39, 0.29) is 29.9 Å². The second kappa shape index (κ2) is 5.79. The molecule has 0 saturated carbocycles. The van der Waals surface area contributed by atoms with Gasteiger partial charge in [-0.15, -0.1) is 0 Å². The van der Waals surface area contributed by atoms with Crippen molar-refractivity contribution in [2.24, 2.45) is 0 Å². The minimum atomic E-state index is -2.99. The number of benzene rings is 1. The zero-order valence-corrected chi connectivity index (χ0v) is 13.2. The van der Waals surface area contributed by atoms with E-state index in [1.54, 1.807) is 0 Å². The van der Waals surface area contributed by atoms with Crippen molar-refractivity contribution in [2.75, 3.05) is 24.7 Å². The van der Waals surface area contributed by atoms with Gasteiger partial charge in [0.1, 0.15) is 13.2 Å². The van der Waals surface area contributed by atoms with Crippen LogP contribution in [0.3, 0.4) is 0 Å². The first-order valence-electron chi connectivity index (χ1n) is 7.32. The van der Waals surface area contributed by atoms with Gasteiger partial charge >= 0.3 is 0 Å². The van der Waals surface area contributed by atoms with Crippen molar-refractivity contribution in [3.63, 3.8) is 0 Å². The van der Waals surface area contributed by atoms with Gasteiger partial charge in [-0.25, -0.2) is 8.42 Å². The second-order valence-corrected chi connectivity index (χ2v) is 8.00. The van der Waals surface area contributed by atoms with E-state index in [0.717, 1.165) is 11.1 Å². The Morgan fingerprint density at radius 1 is 1.27 bits per heavy atom. The molecular formula is C15H19NO5S. The number of carbonyl (C=O) groups is 1. The highest BCUT2D eigenvalue weighted by Crippen LogP contribution is 2.33. The van der Waals surface area contributed by atoms with Crippen LogP contribution in [0.2, 0.25) is 0 Å². The Bertz CT molecular complexity index is 698. The van der Waals surface area contributed by atoms with E-state index in [9.17, 15) is 13.2 Å². The quantitative estimate of drug-likeness (QED) is 0.881. The molecule has 120 valence electrons. The van der Waals surface area contributed by atoms with Crippen LogP contribution < -0.4 is 14.8 Å². The predicted molar refractivity (Wildman–Crippen MR) is 81.1 cm³/mol. The lowest BCUT2D eigenvalue weighted by Gasteiger charge is -2.20. The summed E-state index contributed by atoms with van der Waals surface area (Å²) in [6.45, 7) is 2.95. The molecule has 1 unspecified atom stereocenters. The minimum absolute atomic E-state index is 0.0405. The fraction of sp³-hybridized carbons (Fsp3) is 0.533. The maximum Gasteiger partial charge on any atom is 0.224 e. The molecule has 1 saturated heterocycles. The average Bonchev–Trinajstić information content (AvgIpc) is 2.78. The molecule has 7 heteroatoms. The molecule has 1 atom stereocenters. The van der Waals surface area contributed by atoms with Crippen LogP contribution >= 0.6 is 0 Å². The summed E-state index contributed by atoms with van der Waals surface area (Å²) in [4.78, 5) is 12.1. The fourth-order valence-corrected chi connectivity index (χ4v) is 4.46. The zero-order chi connectivity index (χ0) is 15.7. The predicted octanol–water partition coefficient (Wildman–Crippen LogP) is 0.612. The Labute approximate surface area is 129 Å². The molecule has 0 radical (unpaired) electrons. The van der Waals surface area contributed by atoms with Crippen molar-refractivity contribution >= 4 is 15.7 Å².